The van der Waals surface area contributed by atoms with Crippen LogP contribution < -0.4 is 5.43 Å². The summed E-state index contributed by atoms with van der Waals surface area (Å²) in [4.78, 5) is 12.4. The number of carbonyl (C=O) groups is 1. The Morgan fingerprint density at radius 3 is 2.52 bits per heavy atom. The van der Waals surface area contributed by atoms with Crippen molar-refractivity contribution in [1.29, 1.82) is 0 Å². The standard InChI is InChI=1S/C24H22N2O/c1-15-8-10-21(16(2)12-15)24(27)26-25-17(3)18-9-11-23-20(13-18)14-19-6-4-5-7-22(19)23/h4-13H,14H2,1-3H3,(H,26,27)/b25-17-. The van der Waals surface area contributed by atoms with Gasteiger partial charge < -0.3 is 0 Å². The number of rotatable bonds is 3. The van der Waals surface area contributed by atoms with E-state index in [2.05, 4.69) is 53.0 Å². The minimum absolute atomic E-state index is 0.180. The Bertz CT molecular complexity index is 1080. The quantitative estimate of drug-likeness (QED) is 0.407. The van der Waals surface area contributed by atoms with Gasteiger partial charge in [0.25, 0.3) is 5.91 Å². The highest BCUT2D eigenvalue weighted by Crippen LogP contribution is 2.36. The number of nitrogens with one attached hydrogen (secondary N) is 1. The van der Waals surface area contributed by atoms with Crippen LogP contribution in [0, 0.1) is 13.8 Å². The Morgan fingerprint density at radius 2 is 1.70 bits per heavy atom. The van der Waals surface area contributed by atoms with Crippen molar-refractivity contribution in [3.05, 3.63) is 94.0 Å². The Labute approximate surface area is 159 Å². The Hall–Kier alpha value is -3.20. The molecule has 3 aromatic carbocycles. The lowest BCUT2D eigenvalue weighted by Gasteiger charge is -2.08. The van der Waals surface area contributed by atoms with Gasteiger partial charge in [-0.2, -0.15) is 5.10 Å². The third kappa shape index (κ3) is 3.28. The maximum Gasteiger partial charge on any atom is 0.271 e. The van der Waals surface area contributed by atoms with Crippen LogP contribution in [0.2, 0.25) is 0 Å². The van der Waals surface area contributed by atoms with Crippen molar-refractivity contribution in [3.63, 3.8) is 0 Å². The molecule has 0 radical (unpaired) electrons. The largest absolute Gasteiger partial charge is 0.271 e. The number of amides is 1. The molecule has 1 aliphatic carbocycles. The second kappa shape index (κ2) is 6.84. The topological polar surface area (TPSA) is 41.5 Å². The molecule has 0 aliphatic heterocycles. The van der Waals surface area contributed by atoms with Crippen LogP contribution in [-0.2, 0) is 6.42 Å². The van der Waals surface area contributed by atoms with Crippen molar-refractivity contribution in [3.8, 4) is 11.1 Å². The molecule has 0 atom stereocenters. The summed E-state index contributed by atoms with van der Waals surface area (Å²) in [6.45, 7) is 5.88. The molecular formula is C24H22N2O. The molecule has 0 saturated heterocycles. The van der Waals surface area contributed by atoms with Gasteiger partial charge in [0.15, 0.2) is 0 Å². The van der Waals surface area contributed by atoms with E-state index in [1.54, 1.807) is 0 Å². The first kappa shape index (κ1) is 17.2. The number of benzene rings is 3. The fourth-order valence-electron chi connectivity index (χ4n) is 3.70. The molecule has 0 saturated carbocycles. The predicted octanol–water partition coefficient (Wildman–Crippen LogP) is 5.03. The fourth-order valence-corrected chi connectivity index (χ4v) is 3.70. The van der Waals surface area contributed by atoms with Gasteiger partial charge in [-0.25, -0.2) is 5.43 Å². The number of carbonyl (C=O) groups excluding carboxylic acids is 1. The molecule has 134 valence electrons. The average molecular weight is 354 g/mol. The average Bonchev–Trinajstić information content (AvgIpc) is 3.03. The Morgan fingerprint density at radius 1 is 0.926 bits per heavy atom. The Balaban J connectivity index is 1.54. The molecular weight excluding hydrogens is 332 g/mol. The molecule has 3 nitrogen and oxygen atoms in total. The van der Waals surface area contributed by atoms with Gasteiger partial charge in [-0.15, -0.1) is 0 Å². The van der Waals surface area contributed by atoms with Crippen LogP contribution in [0.4, 0.5) is 0 Å². The van der Waals surface area contributed by atoms with Crippen molar-refractivity contribution in [2.75, 3.05) is 0 Å². The third-order valence-electron chi connectivity index (χ3n) is 5.16. The van der Waals surface area contributed by atoms with E-state index in [-0.39, 0.29) is 5.91 Å². The van der Waals surface area contributed by atoms with Gasteiger partial charge in [-0.3, -0.25) is 4.79 Å². The summed E-state index contributed by atoms with van der Waals surface area (Å²) in [5, 5.41) is 4.33. The van der Waals surface area contributed by atoms with Crippen LogP contribution in [0.1, 0.15) is 45.1 Å². The number of aryl methyl sites for hydroxylation is 2. The van der Waals surface area contributed by atoms with Gasteiger partial charge in [0.05, 0.1) is 5.71 Å². The van der Waals surface area contributed by atoms with Crippen LogP contribution in [0.25, 0.3) is 11.1 Å². The zero-order valence-corrected chi connectivity index (χ0v) is 15.8. The van der Waals surface area contributed by atoms with Crippen molar-refractivity contribution >= 4 is 11.6 Å². The van der Waals surface area contributed by atoms with Crippen LogP contribution in [-0.4, -0.2) is 11.6 Å². The SMILES string of the molecule is C/C(=N/NC(=O)c1ccc(C)cc1C)c1ccc2c(c1)Cc1ccccc1-2. The second-order valence-corrected chi connectivity index (χ2v) is 7.16. The number of fused-ring (bicyclic) bond motifs is 3. The van der Waals surface area contributed by atoms with E-state index in [0.717, 1.165) is 28.8 Å². The summed E-state index contributed by atoms with van der Waals surface area (Å²) < 4.78 is 0. The zero-order chi connectivity index (χ0) is 19.0. The summed E-state index contributed by atoms with van der Waals surface area (Å²) in [6.07, 6.45) is 0.946. The third-order valence-corrected chi connectivity index (χ3v) is 5.16. The fraction of sp³-hybridized carbons (Fsp3) is 0.167. The monoisotopic (exact) mass is 354 g/mol. The molecule has 4 rings (SSSR count). The Kier molecular flexibility index (Phi) is 4.36. The van der Waals surface area contributed by atoms with Crippen LogP contribution in [0.15, 0.2) is 65.8 Å². The van der Waals surface area contributed by atoms with Gasteiger partial charge in [0.1, 0.15) is 0 Å². The van der Waals surface area contributed by atoms with E-state index in [4.69, 9.17) is 0 Å². The maximum atomic E-state index is 12.4. The van der Waals surface area contributed by atoms with Crippen LogP contribution in [0.3, 0.4) is 0 Å². The summed E-state index contributed by atoms with van der Waals surface area (Å²) in [7, 11) is 0. The molecule has 0 aromatic heterocycles. The molecule has 3 heteroatoms. The summed E-state index contributed by atoms with van der Waals surface area (Å²) in [5.41, 5.74) is 12.6. The molecule has 0 unspecified atom stereocenters. The van der Waals surface area contributed by atoms with E-state index in [0.29, 0.717) is 5.56 Å². The van der Waals surface area contributed by atoms with Crippen molar-refractivity contribution in [2.45, 2.75) is 27.2 Å². The smallest absolute Gasteiger partial charge is 0.267 e. The van der Waals surface area contributed by atoms with Gasteiger partial charge in [0.2, 0.25) is 0 Å². The first-order chi connectivity index (χ1) is 13.0. The summed E-state index contributed by atoms with van der Waals surface area (Å²) in [5.74, 6) is -0.180. The number of hydrazone groups is 1. The molecule has 0 spiro atoms. The molecule has 1 N–H and O–H groups in total. The van der Waals surface area contributed by atoms with Gasteiger partial charge >= 0.3 is 0 Å². The lowest BCUT2D eigenvalue weighted by Crippen LogP contribution is -2.20. The molecule has 0 heterocycles. The van der Waals surface area contributed by atoms with E-state index >= 15 is 0 Å². The molecule has 27 heavy (non-hydrogen) atoms. The van der Waals surface area contributed by atoms with Gasteiger partial charge in [-0.05, 0) is 72.7 Å². The molecule has 1 aliphatic rings. The van der Waals surface area contributed by atoms with Crippen LogP contribution in [0.5, 0.6) is 0 Å². The number of hydrogen-bond acceptors (Lipinski definition) is 2. The highest BCUT2D eigenvalue weighted by Gasteiger charge is 2.18. The lowest BCUT2D eigenvalue weighted by atomic mass is 10.0. The van der Waals surface area contributed by atoms with Gasteiger partial charge in [-0.1, -0.05) is 54.1 Å². The lowest BCUT2D eigenvalue weighted by molar-refractivity contribution is 0.0954. The van der Waals surface area contributed by atoms with Crippen LogP contribution >= 0.6 is 0 Å². The first-order valence-electron chi connectivity index (χ1n) is 9.16. The summed E-state index contributed by atoms with van der Waals surface area (Å²) >= 11 is 0. The first-order valence-corrected chi connectivity index (χ1v) is 9.16. The van der Waals surface area contributed by atoms with Crippen molar-refractivity contribution < 1.29 is 4.79 Å². The van der Waals surface area contributed by atoms with E-state index < -0.39 is 0 Å². The predicted molar refractivity (Wildman–Crippen MR) is 110 cm³/mol. The number of nitrogens with zero attached hydrogens (tertiary/aromatic N) is 1. The maximum absolute atomic E-state index is 12.4. The minimum atomic E-state index is -0.180. The molecule has 3 aromatic rings. The van der Waals surface area contributed by atoms with E-state index in [9.17, 15) is 4.79 Å². The summed E-state index contributed by atoms with van der Waals surface area (Å²) in [6, 6.07) is 20.7. The molecule has 0 fully saturated rings. The highest BCUT2D eigenvalue weighted by atomic mass is 16.2. The second-order valence-electron chi connectivity index (χ2n) is 7.16. The zero-order valence-electron chi connectivity index (χ0n) is 15.8. The van der Waals surface area contributed by atoms with Gasteiger partial charge in [0, 0.05) is 5.56 Å². The molecule has 1 amide bonds. The normalized spacial score (nSPS) is 12.5. The highest BCUT2D eigenvalue weighted by molar-refractivity contribution is 6.02. The van der Waals surface area contributed by atoms with E-state index in [1.165, 1.54) is 22.3 Å². The van der Waals surface area contributed by atoms with Crippen molar-refractivity contribution in [2.24, 2.45) is 5.10 Å². The number of hydrogen-bond donors (Lipinski definition) is 1. The van der Waals surface area contributed by atoms with E-state index in [1.807, 2.05) is 39.0 Å². The van der Waals surface area contributed by atoms with Crippen molar-refractivity contribution in [1.82, 2.24) is 5.43 Å². The molecule has 0 bridgehead atoms. The minimum Gasteiger partial charge on any atom is -0.267 e.